The molecule has 1 unspecified atom stereocenters. The van der Waals surface area contributed by atoms with Gasteiger partial charge in [-0.3, -0.25) is 0 Å². The highest BCUT2D eigenvalue weighted by atomic mass is 19.1. The van der Waals surface area contributed by atoms with Crippen molar-refractivity contribution in [2.75, 3.05) is 19.0 Å². The summed E-state index contributed by atoms with van der Waals surface area (Å²) in [5.41, 5.74) is 1.79. The van der Waals surface area contributed by atoms with Crippen molar-refractivity contribution in [2.45, 2.75) is 19.9 Å². The molecule has 1 atom stereocenters. The fourth-order valence-corrected chi connectivity index (χ4v) is 2.22. The Bertz CT molecular complexity index is 601. The maximum atomic E-state index is 13.2. The fourth-order valence-electron chi connectivity index (χ4n) is 2.22. The first-order valence-corrected chi connectivity index (χ1v) is 6.97. The van der Waals surface area contributed by atoms with Crippen LogP contribution in [0.1, 0.15) is 25.5 Å². The number of nitrogens with one attached hydrogen (secondary N) is 1. The summed E-state index contributed by atoms with van der Waals surface area (Å²) in [6, 6.07) is 12.3. The Hall–Kier alpha value is -2.23. The van der Waals surface area contributed by atoms with Crippen LogP contribution in [0.4, 0.5) is 10.1 Å². The van der Waals surface area contributed by atoms with E-state index in [9.17, 15) is 4.39 Å². The minimum Gasteiger partial charge on any atom is -0.494 e. The molecular weight excluding hydrogens is 269 g/mol. The van der Waals surface area contributed by atoms with E-state index in [0.717, 1.165) is 17.0 Å². The van der Waals surface area contributed by atoms with Crippen LogP contribution in [0.15, 0.2) is 42.5 Å². The molecule has 0 bridgehead atoms. The van der Waals surface area contributed by atoms with E-state index in [2.05, 4.69) is 5.32 Å². The van der Waals surface area contributed by atoms with E-state index in [1.165, 1.54) is 19.2 Å². The number of methoxy groups -OCH3 is 1. The molecular formula is C17H20FNO2. The molecule has 0 aliphatic carbocycles. The van der Waals surface area contributed by atoms with Crippen LogP contribution in [0.25, 0.3) is 0 Å². The van der Waals surface area contributed by atoms with Crippen molar-refractivity contribution < 1.29 is 13.9 Å². The van der Waals surface area contributed by atoms with E-state index in [0.29, 0.717) is 12.4 Å². The van der Waals surface area contributed by atoms with Gasteiger partial charge in [-0.2, -0.15) is 0 Å². The molecule has 2 rings (SSSR count). The summed E-state index contributed by atoms with van der Waals surface area (Å²) < 4.78 is 24.1. The number of benzene rings is 2. The molecule has 4 heteroatoms. The third-order valence-electron chi connectivity index (χ3n) is 3.22. The highest BCUT2D eigenvalue weighted by Gasteiger charge is 2.13. The number of halogens is 1. The Morgan fingerprint density at radius 1 is 1.14 bits per heavy atom. The molecule has 0 aliphatic heterocycles. The quantitative estimate of drug-likeness (QED) is 0.854. The zero-order chi connectivity index (χ0) is 15.2. The van der Waals surface area contributed by atoms with Gasteiger partial charge in [0, 0.05) is 11.6 Å². The van der Waals surface area contributed by atoms with Crippen LogP contribution in [0, 0.1) is 5.82 Å². The molecule has 0 fully saturated rings. The summed E-state index contributed by atoms with van der Waals surface area (Å²) in [5.74, 6) is 1.01. The summed E-state index contributed by atoms with van der Waals surface area (Å²) in [7, 11) is 1.53. The first-order chi connectivity index (χ1) is 10.2. The smallest absolute Gasteiger partial charge is 0.144 e. The standard InChI is InChI=1S/C17H20FNO2/c1-4-21-16-8-6-5-7-14(16)12(2)19-15-10-9-13(18)11-17(15)20-3/h5-12,19H,4H2,1-3H3. The number of hydrogen-bond acceptors (Lipinski definition) is 3. The number of hydrogen-bond donors (Lipinski definition) is 1. The van der Waals surface area contributed by atoms with Gasteiger partial charge in [0.2, 0.25) is 0 Å². The zero-order valence-corrected chi connectivity index (χ0v) is 12.5. The van der Waals surface area contributed by atoms with Crippen molar-refractivity contribution in [3.05, 3.63) is 53.8 Å². The Balaban J connectivity index is 2.24. The van der Waals surface area contributed by atoms with Crippen LogP contribution in [-0.2, 0) is 0 Å². The van der Waals surface area contributed by atoms with Gasteiger partial charge in [-0.05, 0) is 32.0 Å². The number of para-hydroxylation sites is 1. The first kappa shape index (κ1) is 15.2. The van der Waals surface area contributed by atoms with Gasteiger partial charge in [0.15, 0.2) is 0 Å². The minimum absolute atomic E-state index is 0.00658. The highest BCUT2D eigenvalue weighted by Crippen LogP contribution is 2.32. The Morgan fingerprint density at radius 2 is 1.90 bits per heavy atom. The predicted octanol–water partition coefficient (Wildman–Crippen LogP) is 4.41. The lowest BCUT2D eigenvalue weighted by Gasteiger charge is -2.20. The second kappa shape index (κ2) is 6.97. The molecule has 0 aromatic heterocycles. The van der Waals surface area contributed by atoms with E-state index in [4.69, 9.17) is 9.47 Å². The molecule has 0 saturated carbocycles. The first-order valence-electron chi connectivity index (χ1n) is 6.97. The van der Waals surface area contributed by atoms with Crippen LogP contribution in [0.2, 0.25) is 0 Å². The Kier molecular flexibility index (Phi) is 5.04. The van der Waals surface area contributed by atoms with Crippen molar-refractivity contribution >= 4 is 5.69 Å². The largest absolute Gasteiger partial charge is 0.494 e. The van der Waals surface area contributed by atoms with Crippen molar-refractivity contribution in [1.29, 1.82) is 0 Å². The van der Waals surface area contributed by atoms with Gasteiger partial charge in [-0.25, -0.2) is 4.39 Å². The van der Waals surface area contributed by atoms with Crippen LogP contribution in [0.3, 0.4) is 0 Å². The van der Waals surface area contributed by atoms with Gasteiger partial charge in [0.1, 0.15) is 17.3 Å². The van der Waals surface area contributed by atoms with Crippen LogP contribution >= 0.6 is 0 Å². The van der Waals surface area contributed by atoms with Crippen LogP contribution < -0.4 is 14.8 Å². The third-order valence-corrected chi connectivity index (χ3v) is 3.22. The second-order valence-electron chi connectivity index (χ2n) is 4.68. The SMILES string of the molecule is CCOc1ccccc1C(C)Nc1ccc(F)cc1OC. The van der Waals surface area contributed by atoms with Gasteiger partial charge in [0.05, 0.1) is 25.4 Å². The maximum absolute atomic E-state index is 13.2. The van der Waals surface area contributed by atoms with Crippen LogP contribution in [-0.4, -0.2) is 13.7 Å². The van der Waals surface area contributed by atoms with E-state index >= 15 is 0 Å². The molecule has 0 spiro atoms. The summed E-state index contributed by atoms with van der Waals surface area (Å²) in [4.78, 5) is 0. The number of anilines is 1. The summed E-state index contributed by atoms with van der Waals surface area (Å²) in [6.07, 6.45) is 0. The molecule has 21 heavy (non-hydrogen) atoms. The Labute approximate surface area is 124 Å². The molecule has 1 N–H and O–H groups in total. The normalized spacial score (nSPS) is 11.8. The van der Waals surface area contributed by atoms with Gasteiger partial charge < -0.3 is 14.8 Å². The second-order valence-corrected chi connectivity index (χ2v) is 4.68. The monoisotopic (exact) mass is 289 g/mol. The van der Waals surface area contributed by atoms with Crippen molar-refractivity contribution in [3.63, 3.8) is 0 Å². The molecule has 0 radical (unpaired) electrons. The highest BCUT2D eigenvalue weighted by molar-refractivity contribution is 5.58. The molecule has 3 nitrogen and oxygen atoms in total. The van der Waals surface area contributed by atoms with E-state index in [1.807, 2.05) is 38.1 Å². The lowest BCUT2D eigenvalue weighted by atomic mass is 10.1. The molecule has 0 amide bonds. The van der Waals surface area contributed by atoms with Crippen molar-refractivity contribution in [2.24, 2.45) is 0 Å². The Morgan fingerprint density at radius 3 is 2.62 bits per heavy atom. The minimum atomic E-state index is -0.320. The van der Waals surface area contributed by atoms with Gasteiger partial charge >= 0.3 is 0 Å². The van der Waals surface area contributed by atoms with Gasteiger partial charge in [-0.15, -0.1) is 0 Å². The third kappa shape index (κ3) is 3.66. The predicted molar refractivity (Wildman–Crippen MR) is 82.6 cm³/mol. The lowest BCUT2D eigenvalue weighted by Crippen LogP contribution is -2.09. The molecule has 0 saturated heterocycles. The van der Waals surface area contributed by atoms with Gasteiger partial charge in [0.25, 0.3) is 0 Å². The molecule has 112 valence electrons. The van der Waals surface area contributed by atoms with E-state index in [-0.39, 0.29) is 11.9 Å². The molecule has 2 aromatic carbocycles. The van der Waals surface area contributed by atoms with E-state index in [1.54, 1.807) is 6.07 Å². The average Bonchev–Trinajstić information content (AvgIpc) is 2.49. The van der Waals surface area contributed by atoms with Crippen molar-refractivity contribution in [3.8, 4) is 11.5 Å². The lowest BCUT2D eigenvalue weighted by molar-refractivity contribution is 0.335. The van der Waals surface area contributed by atoms with Crippen LogP contribution in [0.5, 0.6) is 11.5 Å². The van der Waals surface area contributed by atoms with Gasteiger partial charge in [-0.1, -0.05) is 18.2 Å². The summed E-state index contributed by atoms with van der Waals surface area (Å²) in [5, 5.41) is 3.33. The fraction of sp³-hybridized carbons (Fsp3) is 0.294. The molecule has 0 aliphatic rings. The van der Waals surface area contributed by atoms with Crippen molar-refractivity contribution in [1.82, 2.24) is 0 Å². The summed E-state index contributed by atoms with van der Waals surface area (Å²) >= 11 is 0. The number of rotatable bonds is 6. The number of ether oxygens (including phenoxy) is 2. The average molecular weight is 289 g/mol. The molecule has 0 heterocycles. The summed E-state index contributed by atoms with van der Waals surface area (Å²) in [6.45, 7) is 4.60. The zero-order valence-electron chi connectivity index (χ0n) is 12.5. The molecule has 2 aromatic rings. The maximum Gasteiger partial charge on any atom is 0.144 e. The topological polar surface area (TPSA) is 30.5 Å². The van der Waals surface area contributed by atoms with E-state index < -0.39 is 0 Å².